The highest BCUT2D eigenvalue weighted by Crippen LogP contribution is 2.32. The molecule has 2 nitrogen and oxygen atoms in total. The molecular weight excluding hydrogens is 208 g/mol. The molecule has 17 heavy (non-hydrogen) atoms. The molecule has 2 aliphatic rings. The summed E-state index contributed by atoms with van der Waals surface area (Å²) in [6, 6.07) is 0.758. The second-order valence-electron chi connectivity index (χ2n) is 6.66. The molecule has 0 spiro atoms. The lowest BCUT2D eigenvalue weighted by Gasteiger charge is -2.36. The van der Waals surface area contributed by atoms with Crippen molar-refractivity contribution in [2.75, 3.05) is 20.1 Å². The quantitative estimate of drug-likeness (QED) is 0.760. The Labute approximate surface area is 107 Å². The molecule has 0 aromatic heterocycles. The van der Waals surface area contributed by atoms with Crippen LogP contribution in [0.15, 0.2) is 0 Å². The van der Waals surface area contributed by atoms with Gasteiger partial charge in [-0.2, -0.15) is 0 Å². The average molecular weight is 238 g/mol. The van der Waals surface area contributed by atoms with E-state index in [0.29, 0.717) is 5.54 Å². The fraction of sp³-hybridized carbons (Fsp3) is 1.00. The predicted molar refractivity (Wildman–Crippen MR) is 74.3 cm³/mol. The van der Waals surface area contributed by atoms with E-state index >= 15 is 0 Å². The number of nitrogens with zero attached hydrogens (tertiary/aromatic N) is 1. The van der Waals surface area contributed by atoms with E-state index in [1.165, 1.54) is 58.0 Å². The molecule has 1 heterocycles. The molecule has 2 heteroatoms. The van der Waals surface area contributed by atoms with E-state index in [4.69, 9.17) is 0 Å². The third-order valence-electron chi connectivity index (χ3n) is 5.06. The van der Waals surface area contributed by atoms with E-state index < -0.39 is 0 Å². The van der Waals surface area contributed by atoms with Crippen LogP contribution in [-0.2, 0) is 0 Å². The standard InChI is InChI=1S/C15H30N2/c1-15(2)10-7-11-17(15)12-13-8-5-4-6-9-14(13)16-3/h13-14,16H,4-12H2,1-3H3. The molecule has 1 saturated heterocycles. The monoisotopic (exact) mass is 238 g/mol. The molecule has 0 radical (unpaired) electrons. The second kappa shape index (κ2) is 5.71. The zero-order valence-electron chi connectivity index (χ0n) is 12.0. The largest absolute Gasteiger partial charge is 0.317 e. The summed E-state index contributed by atoms with van der Waals surface area (Å²) < 4.78 is 0. The van der Waals surface area contributed by atoms with Gasteiger partial charge >= 0.3 is 0 Å². The van der Waals surface area contributed by atoms with Crippen molar-refractivity contribution in [2.45, 2.75) is 70.4 Å². The average Bonchev–Trinajstić information content (AvgIpc) is 2.52. The summed E-state index contributed by atoms with van der Waals surface area (Å²) in [6.45, 7) is 7.48. The van der Waals surface area contributed by atoms with Crippen LogP contribution >= 0.6 is 0 Å². The van der Waals surface area contributed by atoms with Gasteiger partial charge in [0.2, 0.25) is 0 Å². The molecule has 0 amide bonds. The Morgan fingerprint density at radius 3 is 2.53 bits per heavy atom. The van der Waals surface area contributed by atoms with Crippen LogP contribution in [0.3, 0.4) is 0 Å². The minimum absolute atomic E-state index is 0.449. The van der Waals surface area contributed by atoms with Gasteiger partial charge in [0.1, 0.15) is 0 Å². The first-order valence-electron chi connectivity index (χ1n) is 7.56. The maximum Gasteiger partial charge on any atom is 0.0153 e. The minimum atomic E-state index is 0.449. The molecule has 2 unspecified atom stereocenters. The van der Waals surface area contributed by atoms with Crippen LogP contribution in [-0.4, -0.2) is 36.6 Å². The summed E-state index contributed by atoms with van der Waals surface area (Å²) in [5.41, 5.74) is 0.449. The Kier molecular flexibility index (Phi) is 4.48. The zero-order chi connectivity index (χ0) is 12.3. The van der Waals surface area contributed by atoms with Crippen molar-refractivity contribution in [3.05, 3.63) is 0 Å². The summed E-state index contributed by atoms with van der Waals surface area (Å²) in [4.78, 5) is 2.74. The van der Waals surface area contributed by atoms with Crippen LogP contribution in [0.2, 0.25) is 0 Å². The van der Waals surface area contributed by atoms with Crippen LogP contribution in [0.5, 0.6) is 0 Å². The van der Waals surface area contributed by atoms with Gasteiger partial charge in [-0.15, -0.1) is 0 Å². The first kappa shape index (κ1) is 13.4. The van der Waals surface area contributed by atoms with Crippen molar-refractivity contribution in [1.29, 1.82) is 0 Å². The minimum Gasteiger partial charge on any atom is -0.317 e. The summed E-state index contributed by atoms with van der Waals surface area (Å²) in [6.07, 6.45) is 9.89. The van der Waals surface area contributed by atoms with Gasteiger partial charge in [0.15, 0.2) is 0 Å². The van der Waals surface area contributed by atoms with Gasteiger partial charge in [0, 0.05) is 18.1 Å². The van der Waals surface area contributed by atoms with E-state index in [2.05, 4.69) is 31.1 Å². The first-order valence-corrected chi connectivity index (χ1v) is 7.56. The smallest absolute Gasteiger partial charge is 0.0153 e. The fourth-order valence-electron chi connectivity index (χ4n) is 3.77. The Morgan fingerprint density at radius 2 is 1.88 bits per heavy atom. The highest BCUT2D eigenvalue weighted by Gasteiger charge is 2.34. The van der Waals surface area contributed by atoms with Crippen LogP contribution < -0.4 is 5.32 Å². The van der Waals surface area contributed by atoms with Gasteiger partial charge in [-0.1, -0.05) is 19.3 Å². The maximum absolute atomic E-state index is 3.57. The van der Waals surface area contributed by atoms with Crippen LogP contribution in [0.1, 0.15) is 58.8 Å². The van der Waals surface area contributed by atoms with Crippen molar-refractivity contribution >= 4 is 0 Å². The van der Waals surface area contributed by atoms with Gasteiger partial charge in [-0.25, -0.2) is 0 Å². The SMILES string of the molecule is CNC1CCCCCC1CN1CCCC1(C)C. The lowest BCUT2D eigenvalue weighted by molar-refractivity contribution is 0.130. The van der Waals surface area contributed by atoms with E-state index in [1.54, 1.807) is 0 Å². The molecule has 1 N–H and O–H groups in total. The summed E-state index contributed by atoms with van der Waals surface area (Å²) >= 11 is 0. The number of hydrogen-bond acceptors (Lipinski definition) is 2. The molecule has 2 fully saturated rings. The molecule has 1 aliphatic heterocycles. The van der Waals surface area contributed by atoms with Gasteiger partial charge in [0.25, 0.3) is 0 Å². The summed E-state index contributed by atoms with van der Waals surface area (Å²) in [5, 5.41) is 3.57. The molecule has 0 aromatic carbocycles. The highest BCUT2D eigenvalue weighted by molar-refractivity contribution is 4.91. The molecule has 2 rings (SSSR count). The van der Waals surface area contributed by atoms with Gasteiger partial charge in [0.05, 0.1) is 0 Å². The first-order chi connectivity index (χ1) is 8.13. The molecule has 0 bridgehead atoms. The van der Waals surface area contributed by atoms with Crippen molar-refractivity contribution in [3.63, 3.8) is 0 Å². The van der Waals surface area contributed by atoms with Crippen molar-refractivity contribution in [2.24, 2.45) is 5.92 Å². The van der Waals surface area contributed by atoms with Gasteiger partial charge in [-0.05, 0) is 59.0 Å². The lowest BCUT2D eigenvalue weighted by Crippen LogP contribution is -2.45. The van der Waals surface area contributed by atoms with E-state index in [9.17, 15) is 0 Å². The van der Waals surface area contributed by atoms with Crippen LogP contribution in [0, 0.1) is 5.92 Å². The molecule has 1 saturated carbocycles. The van der Waals surface area contributed by atoms with Crippen molar-refractivity contribution in [1.82, 2.24) is 10.2 Å². The lowest BCUT2D eigenvalue weighted by atomic mass is 9.92. The van der Waals surface area contributed by atoms with E-state index in [0.717, 1.165) is 12.0 Å². The molecule has 1 aliphatic carbocycles. The zero-order valence-corrected chi connectivity index (χ0v) is 12.0. The number of rotatable bonds is 3. The number of hydrogen-bond donors (Lipinski definition) is 1. The predicted octanol–water partition coefficient (Wildman–Crippen LogP) is 3.03. The number of likely N-dealkylation sites (tertiary alicyclic amines) is 1. The summed E-state index contributed by atoms with van der Waals surface area (Å²) in [5.74, 6) is 0.875. The topological polar surface area (TPSA) is 15.3 Å². The van der Waals surface area contributed by atoms with Crippen LogP contribution in [0.25, 0.3) is 0 Å². The Balaban J connectivity index is 1.95. The Morgan fingerprint density at radius 1 is 1.12 bits per heavy atom. The molecular formula is C15H30N2. The second-order valence-corrected chi connectivity index (χ2v) is 6.66. The van der Waals surface area contributed by atoms with E-state index in [1.807, 2.05) is 0 Å². The van der Waals surface area contributed by atoms with Crippen LogP contribution in [0.4, 0.5) is 0 Å². The van der Waals surface area contributed by atoms with E-state index in [-0.39, 0.29) is 0 Å². The van der Waals surface area contributed by atoms with Gasteiger partial charge in [-0.3, -0.25) is 4.90 Å². The Hall–Kier alpha value is -0.0800. The maximum atomic E-state index is 3.57. The third kappa shape index (κ3) is 3.23. The van der Waals surface area contributed by atoms with Crippen molar-refractivity contribution in [3.8, 4) is 0 Å². The van der Waals surface area contributed by atoms with Crippen molar-refractivity contribution < 1.29 is 0 Å². The summed E-state index contributed by atoms with van der Waals surface area (Å²) in [7, 11) is 2.15. The molecule has 100 valence electrons. The fourth-order valence-corrected chi connectivity index (χ4v) is 3.77. The normalized spacial score (nSPS) is 34.8. The van der Waals surface area contributed by atoms with Gasteiger partial charge < -0.3 is 5.32 Å². The molecule has 2 atom stereocenters. The third-order valence-corrected chi connectivity index (χ3v) is 5.06. The molecule has 0 aromatic rings. The number of nitrogens with one attached hydrogen (secondary N) is 1. The Bertz CT molecular complexity index is 237. The highest BCUT2D eigenvalue weighted by atomic mass is 15.2.